The van der Waals surface area contributed by atoms with E-state index < -0.39 is 0 Å². The third-order valence-corrected chi connectivity index (χ3v) is 2.80. The van der Waals surface area contributed by atoms with Gasteiger partial charge < -0.3 is 4.74 Å². The van der Waals surface area contributed by atoms with Crippen LogP contribution in [0.3, 0.4) is 0 Å². The van der Waals surface area contributed by atoms with Crippen molar-refractivity contribution in [1.29, 1.82) is 0 Å². The SMILES string of the molecule is Cc1cccnc1COc1cccnc1Br. The Morgan fingerprint density at radius 1 is 1.19 bits per heavy atom. The summed E-state index contributed by atoms with van der Waals surface area (Å²) >= 11 is 3.33. The Morgan fingerprint density at radius 3 is 2.69 bits per heavy atom. The lowest BCUT2D eigenvalue weighted by atomic mass is 10.2. The molecule has 0 bridgehead atoms. The predicted octanol–water partition coefficient (Wildman–Crippen LogP) is 3.13. The fraction of sp³-hybridized carbons (Fsp3) is 0.167. The highest BCUT2D eigenvalue weighted by molar-refractivity contribution is 9.10. The molecule has 0 amide bonds. The number of hydrogen-bond donors (Lipinski definition) is 0. The summed E-state index contributed by atoms with van der Waals surface area (Å²) < 4.78 is 6.34. The van der Waals surface area contributed by atoms with Crippen molar-refractivity contribution in [1.82, 2.24) is 9.97 Å². The maximum Gasteiger partial charge on any atom is 0.152 e. The topological polar surface area (TPSA) is 35.0 Å². The molecule has 2 aromatic rings. The molecule has 2 heterocycles. The normalized spacial score (nSPS) is 10.1. The monoisotopic (exact) mass is 278 g/mol. The molecule has 0 aliphatic rings. The van der Waals surface area contributed by atoms with E-state index >= 15 is 0 Å². The Labute approximate surface area is 103 Å². The van der Waals surface area contributed by atoms with Crippen molar-refractivity contribution in [3.63, 3.8) is 0 Å². The molecule has 0 radical (unpaired) electrons. The fourth-order valence-electron chi connectivity index (χ4n) is 1.29. The fourth-order valence-corrected chi connectivity index (χ4v) is 1.66. The highest BCUT2D eigenvalue weighted by Crippen LogP contribution is 2.22. The van der Waals surface area contributed by atoms with Gasteiger partial charge in [0.2, 0.25) is 0 Å². The van der Waals surface area contributed by atoms with E-state index in [1.807, 2.05) is 31.2 Å². The molecule has 0 aliphatic carbocycles. The van der Waals surface area contributed by atoms with E-state index in [0.29, 0.717) is 11.2 Å². The lowest BCUT2D eigenvalue weighted by molar-refractivity contribution is 0.297. The molecule has 0 aromatic carbocycles. The minimum absolute atomic E-state index is 0.455. The molecule has 0 saturated carbocycles. The lowest BCUT2D eigenvalue weighted by Gasteiger charge is -2.08. The average molecular weight is 279 g/mol. The maximum atomic E-state index is 5.63. The molecule has 0 atom stereocenters. The molecular weight excluding hydrogens is 268 g/mol. The summed E-state index contributed by atoms with van der Waals surface area (Å²) in [5, 5.41) is 0. The van der Waals surface area contributed by atoms with Crippen molar-refractivity contribution in [3.05, 3.63) is 52.5 Å². The highest BCUT2D eigenvalue weighted by Gasteiger charge is 2.03. The average Bonchev–Trinajstić information content (AvgIpc) is 2.30. The molecule has 3 nitrogen and oxygen atoms in total. The van der Waals surface area contributed by atoms with Crippen molar-refractivity contribution in [2.75, 3.05) is 0 Å². The summed E-state index contributed by atoms with van der Waals surface area (Å²) in [6, 6.07) is 7.64. The van der Waals surface area contributed by atoms with Gasteiger partial charge in [-0.05, 0) is 46.6 Å². The van der Waals surface area contributed by atoms with Gasteiger partial charge in [-0.3, -0.25) is 4.98 Å². The summed E-state index contributed by atoms with van der Waals surface area (Å²) in [5.74, 6) is 0.729. The molecule has 4 heteroatoms. The van der Waals surface area contributed by atoms with Crippen LogP contribution in [0.25, 0.3) is 0 Å². The van der Waals surface area contributed by atoms with Crippen LogP contribution in [0.5, 0.6) is 5.75 Å². The number of aryl methyl sites for hydroxylation is 1. The quantitative estimate of drug-likeness (QED) is 0.810. The van der Waals surface area contributed by atoms with Crippen LogP contribution in [0.2, 0.25) is 0 Å². The molecule has 0 spiro atoms. The molecule has 82 valence electrons. The van der Waals surface area contributed by atoms with E-state index in [9.17, 15) is 0 Å². The lowest BCUT2D eigenvalue weighted by Crippen LogP contribution is -2.01. The van der Waals surface area contributed by atoms with Gasteiger partial charge in [-0.25, -0.2) is 4.98 Å². The van der Waals surface area contributed by atoms with Gasteiger partial charge in [0.25, 0.3) is 0 Å². The molecule has 0 unspecified atom stereocenters. The summed E-state index contributed by atoms with van der Waals surface area (Å²) in [6.45, 7) is 2.47. The Balaban J connectivity index is 2.09. The van der Waals surface area contributed by atoms with Gasteiger partial charge >= 0.3 is 0 Å². The number of ether oxygens (including phenoxy) is 1. The largest absolute Gasteiger partial charge is 0.484 e. The Bertz CT molecular complexity index is 442. The number of rotatable bonds is 3. The first-order valence-corrected chi connectivity index (χ1v) is 5.70. The van der Waals surface area contributed by atoms with E-state index in [1.54, 1.807) is 12.4 Å². The van der Waals surface area contributed by atoms with Crippen LogP contribution < -0.4 is 4.74 Å². The zero-order valence-electron chi connectivity index (χ0n) is 8.85. The molecule has 0 N–H and O–H groups in total. The van der Waals surface area contributed by atoms with Gasteiger partial charge in [0.1, 0.15) is 11.2 Å². The second-order valence-corrected chi connectivity index (χ2v) is 4.10. The minimum Gasteiger partial charge on any atom is -0.484 e. The zero-order valence-corrected chi connectivity index (χ0v) is 10.4. The second-order valence-electron chi connectivity index (χ2n) is 3.35. The van der Waals surface area contributed by atoms with Crippen molar-refractivity contribution in [2.24, 2.45) is 0 Å². The van der Waals surface area contributed by atoms with Crippen molar-refractivity contribution in [2.45, 2.75) is 13.5 Å². The van der Waals surface area contributed by atoms with E-state index in [4.69, 9.17) is 4.74 Å². The second kappa shape index (κ2) is 5.07. The van der Waals surface area contributed by atoms with Gasteiger partial charge in [-0.2, -0.15) is 0 Å². The standard InChI is InChI=1S/C12H11BrN2O/c1-9-4-2-6-14-10(9)8-16-11-5-3-7-15-12(11)13/h2-7H,8H2,1H3. The molecule has 16 heavy (non-hydrogen) atoms. The first kappa shape index (κ1) is 11.1. The number of hydrogen-bond acceptors (Lipinski definition) is 3. The van der Waals surface area contributed by atoms with Crippen LogP contribution >= 0.6 is 15.9 Å². The van der Waals surface area contributed by atoms with E-state index in [0.717, 1.165) is 17.0 Å². The third kappa shape index (κ3) is 2.58. The minimum atomic E-state index is 0.455. The predicted molar refractivity (Wildman–Crippen MR) is 65.2 cm³/mol. The summed E-state index contributed by atoms with van der Waals surface area (Å²) in [7, 11) is 0. The van der Waals surface area contributed by atoms with Gasteiger partial charge in [0.05, 0.1) is 5.69 Å². The maximum absolute atomic E-state index is 5.63. The summed E-state index contributed by atoms with van der Waals surface area (Å²) in [4.78, 5) is 8.35. The van der Waals surface area contributed by atoms with Crippen LogP contribution in [-0.2, 0) is 6.61 Å². The Kier molecular flexibility index (Phi) is 3.51. The smallest absolute Gasteiger partial charge is 0.152 e. The van der Waals surface area contributed by atoms with Crippen molar-refractivity contribution in [3.8, 4) is 5.75 Å². The van der Waals surface area contributed by atoms with Crippen LogP contribution in [-0.4, -0.2) is 9.97 Å². The number of pyridine rings is 2. The van der Waals surface area contributed by atoms with E-state index in [1.165, 1.54) is 0 Å². The van der Waals surface area contributed by atoms with Gasteiger partial charge in [-0.1, -0.05) is 6.07 Å². The van der Waals surface area contributed by atoms with Gasteiger partial charge in [-0.15, -0.1) is 0 Å². The first-order chi connectivity index (χ1) is 7.77. The summed E-state index contributed by atoms with van der Waals surface area (Å²) in [5.41, 5.74) is 2.07. The highest BCUT2D eigenvalue weighted by atomic mass is 79.9. The van der Waals surface area contributed by atoms with Gasteiger partial charge in [0.15, 0.2) is 5.75 Å². The number of halogens is 1. The Morgan fingerprint density at radius 2 is 1.94 bits per heavy atom. The first-order valence-electron chi connectivity index (χ1n) is 4.91. The van der Waals surface area contributed by atoms with Gasteiger partial charge in [0, 0.05) is 12.4 Å². The Hall–Kier alpha value is -1.42. The van der Waals surface area contributed by atoms with Crippen LogP contribution in [0, 0.1) is 6.92 Å². The van der Waals surface area contributed by atoms with E-state index in [-0.39, 0.29) is 0 Å². The number of nitrogens with zero attached hydrogens (tertiary/aromatic N) is 2. The molecule has 0 aliphatic heterocycles. The van der Waals surface area contributed by atoms with Crippen LogP contribution in [0.1, 0.15) is 11.3 Å². The molecular formula is C12H11BrN2O. The molecule has 0 fully saturated rings. The zero-order chi connectivity index (χ0) is 11.4. The molecule has 0 saturated heterocycles. The van der Waals surface area contributed by atoms with Crippen molar-refractivity contribution < 1.29 is 4.74 Å². The van der Waals surface area contributed by atoms with Crippen LogP contribution in [0.4, 0.5) is 0 Å². The molecule has 2 aromatic heterocycles. The van der Waals surface area contributed by atoms with Crippen LogP contribution in [0.15, 0.2) is 41.3 Å². The third-order valence-electron chi connectivity index (χ3n) is 2.21. The van der Waals surface area contributed by atoms with Crippen molar-refractivity contribution >= 4 is 15.9 Å². The molecule has 2 rings (SSSR count). The summed E-state index contributed by atoms with van der Waals surface area (Å²) in [6.07, 6.45) is 3.48. The van der Waals surface area contributed by atoms with E-state index in [2.05, 4.69) is 25.9 Å². The number of aromatic nitrogens is 2.